The monoisotopic (exact) mass is 185 g/mol. The van der Waals surface area contributed by atoms with Gasteiger partial charge in [-0.2, -0.15) is 0 Å². The summed E-state index contributed by atoms with van der Waals surface area (Å²) < 4.78 is 10.3. The predicted octanol–water partition coefficient (Wildman–Crippen LogP) is 1.85. The molecule has 3 heteroatoms. The summed E-state index contributed by atoms with van der Waals surface area (Å²) in [7, 11) is 6.68. The van der Waals surface area contributed by atoms with Crippen LogP contribution >= 0.6 is 0 Å². The maximum atomic E-state index is 5.13. The van der Waals surface area contributed by atoms with E-state index in [1.807, 2.05) is 6.08 Å². The molecule has 3 radical (unpaired) electrons. The van der Waals surface area contributed by atoms with Crippen molar-refractivity contribution in [2.45, 2.75) is 31.1 Å². The van der Waals surface area contributed by atoms with E-state index in [4.69, 9.17) is 9.47 Å². The topological polar surface area (TPSA) is 18.5 Å². The van der Waals surface area contributed by atoms with Gasteiger partial charge >= 0.3 is 0 Å². The first kappa shape index (κ1) is 11.9. The highest BCUT2D eigenvalue weighted by Gasteiger charge is 2.21. The van der Waals surface area contributed by atoms with Gasteiger partial charge in [-0.25, -0.2) is 0 Å². The van der Waals surface area contributed by atoms with E-state index in [-0.39, 0.29) is 0 Å². The van der Waals surface area contributed by atoms with Gasteiger partial charge < -0.3 is 9.47 Å². The van der Waals surface area contributed by atoms with Crippen molar-refractivity contribution in [1.29, 1.82) is 0 Å². The smallest absolute Gasteiger partial charge is 0.143 e. The van der Waals surface area contributed by atoms with E-state index in [0.29, 0.717) is 0 Å². The molecule has 0 aromatic carbocycles. The molecule has 0 spiro atoms. The molecule has 2 nitrogen and oxygen atoms in total. The fraction of sp³-hybridized carbons (Fsp3) is 0.778. The van der Waals surface area contributed by atoms with Crippen LogP contribution in [0.3, 0.4) is 0 Å². The molecule has 0 heterocycles. The Bertz CT molecular complexity index is 122. The molecular weight excluding hydrogens is 168 g/mol. The second-order valence-electron chi connectivity index (χ2n) is 2.70. The van der Waals surface area contributed by atoms with E-state index >= 15 is 0 Å². The SMILES string of the molecule is C=CCCCCC([Si])(OC)OC. The summed E-state index contributed by atoms with van der Waals surface area (Å²) in [6, 6.07) is 0. The maximum Gasteiger partial charge on any atom is 0.143 e. The minimum absolute atomic E-state index is 0.596. The Morgan fingerprint density at radius 3 is 2.33 bits per heavy atom. The quantitative estimate of drug-likeness (QED) is 0.261. The number of methoxy groups -OCH3 is 2. The Balaban J connectivity index is 3.51. The van der Waals surface area contributed by atoms with Gasteiger partial charge in [0.15, 0.2) is 0 Å². The summed E-state index contributed by atoms with van der Waals surface area (Å²) in [6.07, 6.45) is 6.02. The van der Waals surface area contributed by atoms with Gasteiger partial charge in [-0.15, -0.1) is 6.58 Å². The molecule has 0 unspecified atom stereocenters. The number of allylic oxidation sites excluding steroid dienone is 1. The zero-order valence-corrected chi connectivity index (χ0v) is 8.93. The van der Waals surface area contributed by atoms with E-state index in [9.17, 15) is 0 Å². The number of unbranched alkanes of at least 4 members (excludes halogenated alkanes) is 2. The van der Waals surface area contributed by atoms with Gasteiger partial charge in [0.1, 0.15) is 15.7 Å². The Hall–Kier alpha value is -0.123. The fourth-order valence-electron chi connectivity index (χ4n) is 0.934. The first-order chi connectivity index (χ1) is 5.68. The third kappa shape index (κ3) is 4.69. The van der Waals surface area contributed by atoms with Crippen LogP contribution in [-0.4, -0.2) is 29.9 Å². The Labute approximate surface area is 78.4 Å². The minimum atomic E-state index is -0.596. The molecule has 0 aliphatic rings. The van der Waals surface area contributed by atoms with Crippen molar-refractivity contribution < 1.29 is 9.47 Å². The van der Waals surface area contributed by atoms with Gasteiger partial charge in [-0.05, 0) is 25.7 Å². The standard InChI is InChI=1S/C9H17O2Si/c1-4-5-6-7-8-9(12,10-2)11-3/h4H,1,5-8H2,2-3H3. The molecule has 0 fully saturated rings. The Kier molecular flexibility index (Phi) is 6.33. The summed E-state index contributed by atoms with van der Waals surface area (Å²) in [5.41, 5.74) is -0.596. The van der Waals surface area contributed by atoms with E-state index in [1.54, 1.807) is 14.2 Å². The lowest BCUT2D eigenvalue weighted by Gasteiger charge is -2.26. The van der Waals surface area contributed by atoms with Crippen LogP contribution in [0.5, 0.6) is 0 Å². The molecule has 0 saturated heterocycles. The normalized spacial score (nSPS) is 11.6. The number of hydrogen-bond donors (Lipinski definition) is 0. The Morgan fingerprint density at radius 2 is 1.92 bits per heavy atom. The van der Waals surface area contributed by atoms with Gasteiger partial charge in [-0.3, -0.25) is 0 Å². The largest absolute Gasteiger partial charge is 0.358 e. The molecule has 0 aliphatic carbocycles. The summed E-state index contributed by atoms with van der Waals surface area (Å²) in [5.74, 6) is 0. The zero-order valence-electron chi connectivity index (χ0n) is 7.93. The molecular formula is C9H17O2Si. The zero-order chi connectivity index (χ0) is 9.45. The summed E-state index contributed by atoms with van der Waals surface area (Å²) >= 11 is 0. The average molecular weight is 185 g/mol. The highest BCUT2D eigenvalue weighted by Crippen LogP contribution is 2.15. The van der Waals surface area contributed by atoms with Crippen molar-refractivity contribution in [2.24, 2.45) is 0 Å². The second kappa shape index (κ2) is 6.40. The molecule has 0 rings (SSSR count). The lowest BCUT2D eigenvalue weighted by atomic mass is 10.2. The van der Waals surface area contributed by atoms with Gasteiger partial charge in [0.25, 0.3) is 0 Å². The lowest BCUT2D eigenvalue weighted by Crippen LogP contribution is -2.33. The van der Waals surface area contributed by atoms with E-state index in [0.717, 1.165) is 25.7 Å². The van der Waals surface area contributed by atoms with Gasteiger partial charge in [0.05, 0.1) is 0 Å². The van der Waals surface area contributed by atoms with E-state index < -0.39 is 5.41 Å². The third-order valence-electron chi connectivity index (χ3n) is 1.82. The lowest BCUT2D eigenvalue weighted by molar-refractivity contribution is -0.146. The fourth-order valence-corrected chi connectivity index (χ4v) is 1.11. The summed E-state index contributed by atoms with van der Waals surface area (Å²) in [5, 5.41) is 0. The molecule has 0 atom stereocenters. The van der Waals surface area contributed by atoms with Crippen LogP contribution in [0.25, 0.3) is 0 Å². The van der Waals surface area contributed by atoms with E-state index in [1.165, 1.54) is 0 Å². The van der Waals surface area contributed by atoms with Crippen LogP contribution in [0.15, 0.2) is 12.7 Å². The van der Waals surface area contributed by atoms with Crippen molar-refractivity contribution in [1.82, 2.24) is 0 Å². The molecule has 0 aromatic heterocycles. The maximum absolute atomic E-state index is 5.13. The molecule has 0 bridgehead atoms. The summed E-state index contributed by atoms with van der Waals surface area (Å²) in [6.45, 7) is 3.66. The molecule has 0 saturated carbocycles. The second-order valence-corrected chi connectivity index (χ2v) is 3.46. The summed E-state index contributed by atoms with van der Waals surface area (Å²) in [4.78, 5) is 0. The van der Waals surface area contributed by atoms with Crippen molar-refractivity contribution in [2.75, 3.05) is 14.2 Å². The molecule has 69 valence electrons. The van der Waals surface area contributed by atoms with Crippen molar-refractivity contribution >= 4 is 10.2 Å². The Morgan fingerprint density at radius 1 is 1.33 bits per heavy atom. The van der Waals surface area contributed by atoms with Gasteiger partial charge in [0, 0.05) is 14.2 Å². The highest BCUT2D eigenvalue weighted by atomic mass is 28.1. The van der Waals surface area contributed by atoms with Crippen LogP contribution < -0.4 is 0 Å². The van der Waals surface area contributed by atoms with Crippen molar-refractivity contribution in [3.63, 3.8) is 0 Å². The van der Waals surface area contributed by atoms with Crippen LogP contribution in [0.4, 0.5) is 0 Å². The van der Waals surface area contributed by atoms with Crippen molar-refractivity contribution in [3.8, 4) is 0 Å². The average Bonchev–Trinajstić information content (AvgIpc) is 2.12. The predicted molar refractivity (Wildman–Crippen MR) is 51.2 cm³/mol. The molecule has 0 N–H and O–H groups in total. The number of rotatable bonds is 7. The number of ether oxygens (including phenoxy) is 2. The van der Waals surface area contributed by atoms with Crippen molar-refractivity contribution in [3.05, 3.63) is 12.7 Å². The van der Waals surface area contributed by atoms with Crippen LogP contribution in [0.2, 0.25) is 0 Å². The number of hydrogen-bond acceptors (Lipinski definition) is 2. The highest BCUT2D eigenvalue weighted by molar-refractivity contribution is 6.13. The molecule has 0 amide bonds. The molecule has 0 aliphatic heterocycles. The first-order valence-electron chi connectivity index (χ1n) is 4.14. The van der Waals surface area contributed by atoms with Crippen LogP contribution in [0, 0.1) is 0 Å². The van der Waals surface area contributed by atoms with Crippen LogP contribution in [0.1, 0.15) is 25.7 Å². The van der Waals surface area contributed by atoms with Gasteiger partial charge in [-0.1, -0.05) is 6.08 Å². The minimum Gasteiger partial charge on any atom is -0.358 e. The molecule has 12 heavy (non-hydrogen) atoms. The first-order valence-corrected chi connectivity index (χ1v) is 4.64. The van der Waals surface area contributed by atoms with Crippen LogP contribution in [-0.2, 0) is 9.47 Å². The van der Waals surface area contributed by atoms with E-state index in [2.05, 4.69) is 16.8 Å². The molecule has 0 aromatic rings. The van der Waals surface area contributed by atoms with Gasteiger partial charge in [0.2, 0.25) is 0 Å². The third-order valence-corrected chi connectivity index (χ3v) is 2.48.